The molecule has 1 rings (SSSR count). The Kier molecular flexibility index (Phi) is 5.29. The van der Waals surface area contributed by atoms with Crippen LogP contribution < -0.4 is 5.32 Å². The maximum Gasteiger partial charge on any atom is 0.263 e. The van der Waals surface area contributed by atoms with Crippen LogP contribution >= 0.6 is 0 Å². The Bertz CT molecular complexity index is 285. The molecule has 1 saturated heterocycles. The number of nitrogens with zero attached hydrogens (tertiary/aromatic N) is 1. The topological polar surface area (TPSA) is 50.7 Å². The number of morpholine rings is 1. The molecule has 0 aliphatic carbocycles. The minimum absolute atomic E-state index is 0. The number of rotatable bonds is 1. The first-order valence-corrected chi connectivity index (χ1v) is 4.45. The summed E-state index contributed by atoms with van der Waals surface area (Å²) in [5.41, 5.74) is 0.594. The van der Waals surface area contributed by atoms with Crippen LogP contribution in [0.2, 0.25) is 0 Å². The van der Waals surface area contributed by atoms with Gasteiger partial charge >= 0.3 is 0 Å². The fraction of sp³-hybridized carbons (Fsp3) is 0.400. The Balaban J connectivity index is 0. The summed E-state index contributed by atoms with van der Waals surface area (Å²) in [6.45, 7) is 12.9. The van der Waals surface area contributed by atoms with Gasteiger partial charge in [0.05, 0.1) is 0 Å². The summed E-state index contributed by atoms with van der Waals surface area (Å²) in [4.78, 5) is 14.7. The van der Waals surface area contributed by atoms with Crippen molar-refractivity contribution in [3.05, 3.63) is 24.6 Å². The van der Waals surface area contributed by atoms with Gasteiger partial charge in [-0.15, -0.1) is 0 Å². The molecule has 0 bridgehead atoms. The minimum Gasteiger partial charge on any atom is -0.481 e. The van der Waals surface area contributed by atoms with Crippen molar-refractivity contribution in [3.63, 3.8) is 0 Å². The number of amidine groups is 1. The number of ether oxygens (including phenoxy) is 1. The lowest BCUT2D eigenvalue weighted by Crippen LogP contribution is -2.40. The standard InChI is InChI=1S/C8H10N2O2.C2H6.H2/c1-5(2)9-8-6(3)12-4-7(11)10-8;1-2;/h1,3-4H2,2H3,(H,9,10,11);1-2H3;1H. The summed E-state index contributed by atoms with van der Waals surface area (Å²) in [6, 6.07) is 0. The average molecular weight is 198 g/mol. The van der Waals surface area contributed by atoms with E-state index in [9.17, 15) is 4.79 Å². The van der Waals surface area contributed by atoms with Gasteiger partial charge in [0, 0.05) is 7.12 Å². The van der Waals surface area contributed by atoms with Crippen molar-refractivity contribution in [3.8, 4) is 0 Å². The van der Waals surface area contributed by atoms with Gasteiger partial charge in [0.15, 0.2) is 18.2 Å². The molecule has 14 heavy (non-hydrogen) atoms. The monoisotopic (exact) mass is 198 g/mol. The van der Waals surface area contributed by atoms with Gasteiger partial charge in [0.2, 0.25) is 0 Å². The molecule has 4 heteroatoms. The molecule has 0 unspecified atom stereocenters. The second kappa shape index (κ2) is 5.96. The fourth-order valence-corrected chi connectivity index (χ4v) is 0.740. The number of carbonyl (C=O) groups excluding carboxylic acids is 1. The summed E-state index contributed by atoms with van der Waals surface area (Å²) in [6.07, 6.45) is 0. The normalized spacial score (nSPS) is 17.8. The highest BCUT2D eigenvalue weighted by molar-refractivity contribution is 6.08. The molecule has 1 fully saturated rings. The number of nitrogens with one attached hydrogen (secondary N) is 1. The van der Waals surface area contributed by atoms with Crippen LogP contribution in [-0.4, -0.2) is 18.3 Å². The second-order valence-electron chi connectivity index (χ2n) is 2.46. The summed E-state index contributed by atoms with van der Waals surface area (Å²) >= 11 is 0. The molecule has 0 aromatic rings. The summed E-state index contributed by atoms with van der Waals surface area (Å²) in [7, 11) is 0. The lowest BCUT2D eigenvalue weighted by atomic mass is 10.4. The van der Waals surface area contributed by atoms with Gasteiger partial charge in [-0.1, -0.05) is 27.0 Å². The van der Waals surface area contributed by atoms with Crippen LogP contribution in [-0.2, 0) is 9.53 Å². The number of hydrogen-bond acceptors (Lipinski definition) is 3. The Morgan fingerprint density at radius 2 is 2.21 bits per heavy atom. The number of carbonyl (C=O) groups is 1. The van der Waals surface area contributed by atoms with Crippen LogP contribution in [0.15, 0.2) is 29.6 Å². The number of aliphatic imine (C=N–C) groups is 1. The number of amides is 1. The molecule has 80 valence electrons. The molecule has 1 amide bonds. The predicted molar refractivity (Wildman–Crippen MR) is 58.9 cm³/mol. The van der Waals surface area contributed by atoms with E-state index in [4.69, 9.17) is 4.74 Å². The lowest BCUT2D eigenvalue weighted by molar-refractivity contribution is -0.123. The first kappa shape index (κ1) is 12.4. The summed E-state index contributed by atoms with van der Waals surface area (Å²) in [5, 5.41) is 2.52. The third-order valence-corrected chi connectivity index (χ3v) is 1.20. The molecule has 0 atom stereocenters. The van der Waals surface area contributed by atoms with E-state index in [1.807, 2.05) is 13.8 Å². The Morgan fingerprint density at radius 3 is 2.71 bits per heavy atom. The Labute approximate surface area is 85.8 Å². The highest BCUT2D eigenvalue weighted by Gasteiger charge is 2.17. The largest absolute Gasteiger partial charge is 0.481 e. The van der Waals surface area contributed by atoms with E-state index in [0.717, 1.165) is 0 Å². The predicted octanol–water partition coefficient (Wildman–Crippen LogP) is 1.85. The molecular weight excluding hydrogens is 180 g/mol. The first-order chi connectivity index (χ1) is 6.59. The van der Waals surface area contributed by atoms with Crippen LogP contribution in [0.25, 0.3) is 0 Å². The van der Waals surface area contributed by atoms with Crippen molar-refractivity contribution in [2.75, 3.05) is 6.61 Å². The smallest absolute Gasteiger partial charge is 0.263 e. The first-order valence-electron chi connectivity index (χ1n) is 4.45. The highest BCUT2D eigenvalue weighted by atomic mass is 16.5. The molecule has 0 aromatic heterocycles. The molecule has 0 radical (unpaired) electrons. The van der Waals surface area contributed by atoms with Gasteiger partial charge in [-0.05, 0) is 6.92 Å². The van der Waals surface area contributed by atoms with Gasteiger partial charge in [0.25, 0.3) is 5.91 Å². The zero-order chi connectivity index (χ0) is 11.1. The van der Waals surface area contributed by atoms with Crippen LogP contribution in [0.3, 0.4) is 0 Å². The summed E-state index contributed by atoms with van der Waals surface area (Å²) < 4.78 is 4.93. The van der Waals surface area contributed by atoms with Crippen molar-refractivity contribution in [2.45, 2.75) is 20.8 Å². The molecule has 4 nitrogen and oxygen atoms in total. The molecule has 1 aliphatic rings. The Hall–Kier alpha value is -1.58. The van der Waals surface area contributed by atoms with Gasteiger partial charge in [-0.2, -0.15) is 0 Å². The van der Waals surface area contributed by atoms with E-state index in [0.29, 0.717) is 17.3 Å². The second-order valence-corrected chi connectivity index (χ2v) is 2.46. The van der Waals surface area contributed by atoms with E-state index in [2.05, 4.69) is 23.5 Å². The number of allylic oxidation sites excluding steroid dienone is 1. The molecular formula is C10H18N2O2. The summed E-state index contributed by atoms with van der Waals surface area (Å²) in [5.74, 6) is 0.499. The molecule has 0 spiro atoms. The van der Waals surface area contributed by atoms with Gasteiger partial charge in [0.1, 0.15) is 0 Å². The van der Waals surface area contributed by atoms with E-state index >= 15 is 0 Å². The lowest BCUT2D eigenvalue weighted by Gasteiger charge is -2.17. The van der Waals surface area contributed by atoms with Crippen molar-refractivity contribution >= 4 is 11.7 Å². The molecule has 0 saturated carbocycles. The van der Waals surface area contributed by atoms with Crippen molar-refractivity contribution < 1.29 is 11.0 Å². The van der Waals surface area contributed by atoms with Crippen molar-refractivity contribution in [1.82, 2.24) is 5.32 Å². The van der Waals surface area contributed by atoms with Crippen LogP contribution in [0, 0.1) is 0 Å². The molecule has 1 aliphatic heterocycles. The van der Waals surface area contributed by atoms with Gasteiger partial charge in [-0.3, -0.25) is 4.79 Å². The van der Waals surface area contributed by atoms with E-state index in [1.165, 1.54) is 0 Å². The molecule has 1 heterocycles. The minimum atomic E-state index is -0.220. The zero-order valence-corrected chi connectivity index (χ0v) is 8.89. The van der Waals surface area contributed by atoms with Gasteiger partial charge in [-0.25, -0.2) is 4.99 Å². The van der Waals surface area contributed by atoms with E-state index in [1.54, 1.807) is 6.92 Å². The number of hydrogen-bond donors (Lipinski definition) is 1. The molecule has 1 N–H and O–H groups in total. The van der Waals surface area contributed by atoms with Crippen LogP contribution in [0.4, 0.5) is 0 Å². The average Bonchev–Trinajstić information content (AvgIpc) is 2.14. The zero-order valence-electron chi connectivity index (χ0n) is 8.89. The molecule has 0 aromatic carbocycles. The van der Waals surface area contributed by atoms with Crippen LogP contribution in [0.5, 0.6) is 0 Å². The quantitative estimate of drug-likeness (QED) is 0.699. The van der Waals surface area contributed by atoms with Crippen molar-refractivity contribution in [1.29, 1.82) is 0 Å². The Morgan fingerprint density at radius 1 is 1.64 bits per heavy atom. The maximum atomic E-state index is 10.8. The van der Waals surface area contributed by atoms with Gasteiger partial charge < -0.3 is 10.1 Å². The van der Waals surface area contributed by atoms with E-state index in [-0.39, 0.29) is 13.9 Å². The van der Waals surface area contributed by atoms with Crippen LogP contribution in [0.1, 0.15) is 22.2 Å². The highest BCUT2D eigenvalue weighted by Crippen LogP contribution is 2.03. The van der Waals surface area contributed by atoms with Crippen molar-refractivity contribution in [2.24, 2.45) is 4.99 Å². The SMILES string of the molecule is C=C(C)N=C1NC(=O)COC1=C.CC.[HH]. The fourth-order valence-electron chi connectivity index (χ4n) is 0.740. The third kappa shape index (κ3) is 3.89. The van der Waals surface area contributed by atoms with E-state index < -0.39 is 0 Å². The maximum absolute atomic E-state index is 10.8. The third-order valence-electron chi connectivity index (χ3n) is 1.20.